The number of imidazole rings is 1. The Balaban J connectivity index is 1.70. The SMILES string of the molecule is CC(C)c1nnc2n1CCN(Cc1nccn1CC(F)(F)F)C2. The average Bonchev–Trinajstić information content (AvgIpc) is 3.04. The highest BCUT2D eigenvalue weighted by molar-refractivity contribution is 5.03. The molecule has 0 unspecified atom stereocenters. The van der Waals surface area contributed by atoms with Crippen LogP contribution in [0, 0.1) is 0 Å². The summed E-state index contributed by atoms with van der Waals surface area (Å²) in [5.74, 6) is 2.53. The normalized spacial score (nSPS) is 16.1. The number of halogens is 3. The molecule has 0 amide bonds. The van der Waals surface area contributed by atoms with Gasteiger partial charge in [0.25, 0.3) is 0 Å². The Labute approximate surface area is 131 Å². The van der Waals surface area contributed by atoms with Gasteiger partial charge < -0.3 is 9.13 Å². The molecule has 0 radical (unpaired) electrons. The van der Waals surface area contributed by atoms with E-state index in [1.807, 2.05) is 4.90 Å². The summed E-state index contributed by atoms with van der Waals surface area (Å²) in [4.78, 5) is 6.11. The lowest BCUT2D eigenvalue weighted by Crippen LogP contribution is -2.35. The molecule has 3 heterocycles. The van der Waals surface area contributed by atoms with Crippen LogP contribution in [0.2, 0.25) is 0 Å². The number of nitrogens with zero attached hydrogens (tertiary/aromatic N) is 6. The summed E-state index contributed by atoms with van der Waals surface area (Å²) < 4.78 is 41.0. The van der Waals surface area contributed by atoms with Crippen molar-refractivity contribution in [2.45, 2.75) is 52.1 Å². The minimum Gasteiger partial charge on any atom is -0.325 e. The van der Waals surface area contributed by atoms with Crippen molar-refractivity contribution in [3.8, 4) is 0 Å². The highest BCUT2D eigenvalue weighted by Gasteiger charge is 2.29. The van der Waals surface area contributed by atoms with Gasteiger partial charge >= 0.3 is 6.18 Å². The summed E-state index contributed by atoms with van der Waals surface area (Å²) in [6.07, 6.45) is -1.47. The maximum absolute atomic E-state index is 12.6. The van der Waals surface area contributed by atoms with Crippen molar-refractivity contribution in [2.24, 2.45) is 0 Å². The van der Waals surface area contributed by atoms with Crippen molar-refractivity contribution in [2.75, 3.05) is 6.54 Å². The van der Waals surface area contributed by atoms with Crippen molar-refractivity contribution < 1.29 is 13.2 Å². The van der Waals surface area contributed by atoms with Gasteiger partial charge in [-0.05, 0) is 0 Å². The van der Waals surface area contributed by atoms with Gasteiger partial charge in [-0.2, -0.15) is 13.2 Å². The molecule has 23 heavy (non-hydrogen) atoms. The fraction of sp³-hybridized carbons (Fsp3) is 0.643. The van der Waals surface area contributed by atoms with Gasteiger partial charge in [0.05, 0.1) is 13.1 Å². The summed E-state index contributed by atoms with van der Waals surface area (Å²) in [6, 6.07) is 0. The fourth-order valence-electron chi connectivity index (χ4n) is 2.82. The maximum Gasteiger partial charge on any atom is 0.406 e. The van der Waals surface area contributed by atoms with Crippen LogP contribution in [0.5, 0.6) is 0 Å². The molecule has 1 aliphatic rings. The minimum atomic E-state index is -4.25. The molecule has 2 aromatic rings. The average molecular weight is 328 g/mol. The van der Waals surface area contributed by atoms with Crippen LogP contribution >= 0.6 is 0 Å². The number of hydrogen-bond donors (Lipinski definition) is 0. The van der Waals surface area contributed by atoms with E-state index < -0.39 is 12.7 Å². The standard InChI is InChI=1S/C14H19F3N6/c1-10(2)13-20-19-12-8-21(5-6-23(12)13)7-11-18-3-4-22(11)9-14(15,16)17/h3-4,10H,5-9H2,1-2H3. The van der Waals surface area contributed by atoms with Gasteiger partial charge in [-0.15, -0.1) is 10.2 Å². The first-order valence-electron chi connectivity index (χ1n) is 7.54. The second kappa shape index (κ2) is 5.95. The van der Waals surface area contributed by atoms with E-state index in [1.165, 1.54) is 12.4 Å². The van der Waals surface area contributed by atoms with Crippen LogP contribution in [0.4, 0.5) is 13.2 Å². The van der Waals surface area contributed by atoms with Crippen LogP contribution in [0.25, 0.3) is 0 Å². The number of rotatable bonds is 4. The molecule has 0 atom stereocenters. The molecule has 0 aliphatic carbocycles. The molecular formula is C14H19F3N6. The smallest absolute Gasteiger partial charge is 0.325 e. The highest BCUT2D eigenvalue weighted by atomic mass is 19.4. The van der Waals surface area contributed by atoms with Crippen molar-refractivity contribution in [3.63, 3.8) is 0 Å². The summed E-state index contributed by atoms with van der Waals surface area (Å²) in [5, 5.41) is 8.41. The zero-order valence-electron chi connectivity index (χ0n) is 13.1. The lowest BCUT2D eigenvalue weighted by atomic mass is 10.2. The van der Waals surface area contributed by atoms with E-state index >= 15 is 0 Å². The molecule has 0 aromatic carbocycles. The molecule has 6 nitrogen and oxygen atoms in total. The van der Waals surface area contributed by atoms with Gasteiger partial charge in [-0.25, -0.2) is 4.98 Å². The van der Waals surface area contributed by atoms with Crippen LogP contribution in [0.15, 0.2) is 12.4 Å². The van der Waals surface area contributed by atoms with E-state index in [4.69, 9.17) is 0 Å². The van der Waals surface area contributed by atoms with Crippen LogP contribution in [-0.4, -0.2) is 41.9 Å². The van der Waals surface area contributed by atoms with Gasteiger partial charge in [-0.3, -0.25) is 4.90 Å². The van der Waals surface area contributed by atoms with Crippen LogP contribution in [0.3, 0.4) is 0 Å². The monoisotopic (exact) mass is 328 g/mol. The number of aromatic nitrogens is 5. The second-order valence-corrected chi connectivity index (χ2v) is 6.08. The molecule has 0 saturated heterocycles. The largest absolute Gasteiger partial charge is 0.406 e. The fourth-order valence-corrected chi connectivity index (χ4v) is 2.82. The van der Waals surface area contributed by atoms with Crippen LogP contribution < -0.4 is 0 Å². The Morgan fingerprint density at radius 3 is 2.70 bits per heavy atom. The molecule has 9 heteroatoms. The number of fused-ring (bicyclic) bond motifs is 1. The van der Waals surface area contributed by atoms with Crippen molar-refractivity contribution >= 4 is 0 Å². The first kappa shape index (κ1) is 16.0. The van der Waals surface area contributed by atoms with Crippen molar-refractivity contribution in [1.29, 1.82) is 0 Å². The first-order valence-corrected chi connectivity index (χ1v) is 7.54. The van der Waals surface area contributed by atoms with Gasteiger partial charge in [0, 0.05) is 31.4 Å². The van der Waals surface area contributed by atoms with Gasteiger partial charge in [-0.1, -0.05) is 13.8 Å². The van der Waals surface area contributed by atoms with Crippen LogP contribution in [0.1, 0.15) is 37.2 Å². The Hall–Kier alpha value is -1.90. The maximum atomic E-state index is 12.6. The van der Waals surface area contributed by atoms with E-state index in [-0.39, 0.29) is 0 Å². The molecule has 0 saturated carbocycles. The molecule has 2 aromatic heterocycles. The Kier molecular flexibility index (Phi) is 4.13. The predicted octanol–water partition coefficient (Wildman–Crippen LogP) is 2.18. The highest BCUT2D eigenvalue weighted by Crippen LogP contribution is 2.21. The Morgan fingerprint density at radius 2 is 2.00 bits per heavy atom. The Morgan fingerprint density at radius 1 is 1.22 bits per heavy atom. The van der Waals surface area contributed by atoms with Crippen molar-refractivity contribution in [1.82, 2.24) is 29.2 Å². The predicted molar refractivity (Wildman–Crippen MR) is 76.5 cm³/mol. The van der Waals surface area contributed by atoms with E-state index in [1.54, 1.807) is 0 Å². The molecule has 126 valence electrons. The molecule has 3 rings (SSSR count). The van der Waals surface area contributed by atoms with E-state index in [2.05, 4.69) is 33.6 Å². The third-order valence-corrected chi connectivity index (χ3v) is 3.89. The first-order chi connectivity index (χ1) is 10.8. The molecule has 1 aliphatic heterocycles. The molecule has 0 bridgehead atoms. The summed E-state index contributed by atoms with van der Waals surface area (Å²) in [5.41, 5.74) is 0. The topological polar surface area (TPSA) is 51.8 Å². The summed E-state index contributed by atoms with van der Waals surface area (Å²) in [7, 11) is 0. The quantitative estimate of drug-likeness (QED) is 0.863. The summed E-state index contributed by atoms with van der Waals surface area (Å²) in [6.45, 7) is 5.55. The molecular weight excluding hydrogens is 309 g/mol. The minimum absolute atomic E-state index is 0.300. The third-order valence-electron chi connectivity index (χ3n) is 3.89. The lowest BCUT2D eigenvalue weighted by Gasteiger charge is -2.28. The summed E-state index contributed by atoms with van der Waals surface area (Å²) >= 11 is 0. The number of alkyl halides is 3. The zero-order chi connectivity index (χ0) is 16.6. The molecule has 0 spiro atoms. The van der Waals surface area contributed by atoms with Gasteiger partial charge in [0.15, 0.2) is 0 Å². The van der Waals surface area contributed by atoms with Crippen molar-refractivity contribution in [3.05, 3.63) is 29.9 Å². The second-order valence-electron chi connectivity index (χ2n) is 6.08. The lowest BCUT2D eigenvalue weighted by molar-refractivity contribution is -0.141. The van der Waals surface area contributed by atoms with Gasteiger partial charge in [0.1, 0.15) is 24.0 Å². The van der Waals surface area contributed by atoms with Gasteiger partial charge in [0.2, 0.25) is 0 Å². The molecule has 0 N–H and O–H groups in total. The zero-order valence-corrected chi connectivity index (χ0v) is 13.1. The van der Waals surface area contributed by atoms with Crippen LogP contribution in [-0.2, 0) is 26.2 Å². The number of hydrogen-bond acceptors (Lipinski definition) is 4. The molecule has 0 fully saturated rings. The Bertz CT molecular complexity index is 672. The van der Waals surface area contributed by atoms with E-state index in [0.29, 0.717) is 24.8 Å². The van der Waals surface area contributed by atoms with E-state index in [9.17, 15) is 13.2 Å². The third kappa shape index (κ3) is 3.54. The van der Waals surface area contributed by atoms with E-state index in [0.717, 1.165) is 29.3 Å².